The summed E-state index contributed by atoms with van der Waals surface area (Å²) in [4.78, 5) is 22.7. The van der Waals surface area contributed by atoms with Crippen molar-refractivity contribution in [3.8, 4) is 0 Å². The SMILES string of the molecule is CC1CC(C2=CCN(C(=O)OC(C)(C)C)CC2)=Cc2ncnc(Cl)c2C1C. The van der Waals surface area contributed by atoms with Gasteiger partial charge in [-0.15, -0.1) is 0 Å². The summed E-state index contributed by atoms with van der Waals surface area (Å²) >= 11 is 6.36. The van der Waals surface area contributed by atoms with E-state index in [1.165, 1.54) is 17.5 Å². The van der Waals surface area contributed by atoms with Gasteiger partial charge in [0.2, 0.25) is 0 Å². The number of halogens is 1. The quantitative estimate of drug-likeness (QED) is 0.617. The summed E-state index contributed by atoms with van der Waals surface area (Å²) in [7, 11) is 0. The summed E-state index contributed by atoms with van der Waals surface area (Å²) in [5, 5.41) is 0.547. The zero-order valence-electron chi connectivity index (χ0n) is 16.8. The second-order valence-corrected chi connectivity index (χ2v) is 8.87. The highest BCUT2D eigenvalue weighted by molar-refractivity contribution is 6.30. The minimum absolute atomic E-state index is 0.250. The van der Waals surface area contributed by atoms with Crippen molar-refractivity contribution in [2.75, 3.05) is 13.1 Å². The van der Waals surface area contributed by atoms with E-state index in [2.05, 4.69) is 36.0 Å². The molecule has 1 aromatic heterocycles. The maximum Gasteiger partial charge on any atom is 0.410 e. The minimum Gasteiger partial charge on any atom is -0.444 e. The maximum atomic E-state index is 12.3. The van der Waals surface area contributed by atoms with E-state index in [4.69, 9.17) is 16.3 Å². The Balaban J connectivity index is 1.82. The van der Waals surface area contributed by atoms with Crippen LogP contribution in [0.1, 0.15) is 64.6 Å². The summed E-state index contributed by atoms with van der Waals surface area (Å²) in [5.74, 6) is 0.732. The third-order valence-corrected chi connectivity index (χ3v) is 5.60. The lowest BCUT2D eigenvalue weighted by Crippen LogP contribution is -2.39. The molecule has 2 atom stereocenters. The molecule has 0 fully saturated rings. The van der Waals surface area contributed by atoms with Gasteiger partial charge in [-0.05, 0) is 62.7 Å². The first-order chi connectivity index (χ1) is 12.7. The predicted octanol–water partition coefficient (Wildman–Crippen LogP) is 5.22. The lowest BCUT2D eigenvalue weighted by atomic mass is 9.85. The Labute approximate surface area is 166 Å². The third kappa shape index (κ3) is 4.52. The van der Waals surface area contributed by atoms with Crippen LogP contribution in [0.25, 0.3) is 6.08 Å². The van der Waals surface area contributed by atoms with Crippen LogP contribution in [-0.4, -0.2) is 39.7 Å². The van der Waals surface area contributed by atoms with Crippen LogP contribution < -0.4 is 0 Å². The van der Waals surface area contributed by atoms with Gasteiger partial charge in [-0.25, -0.2) is 14.8 Å². The topological polar surface area (TPSA) is 55.3 Å². The van der Waals surface area contributed by atoms with Gasteiger partial charge in [-0.1, -0.05) is 31.5 Å². The first-order valence-electron chi connectivity index (χ1n) is 9.54. The molecule has 27 heavy (non-hydrogen) atoms. The van der Waals surface area contributed by atoms with Crippen LogP contribution in [-0.2, 0) is 4.74 Å². The third-order valence-electron chi connectivity index (χ3n) is 5.30. The van der Waals surface area contributed by atoms with Crippen LogP contribution in [0.2, 0.25) is 5.15 Å². The lowest BCUT2D eigenvalue weighted by Gasteiger charge is -2.30. The fraction of sp³-hybridized carbons (Fsp3) is 0.571. The smallest absolute Gasteiger partial charge is 0.410 e. The van der Waals surface area contributed by atoms with E-state index < -0.39 is 5.60 Å². The first kappa shape index (κ1) is 19.9. The molecular weight excluding hydrogens is 362 g/mol. The number of aromatic nitrogens is 2. The summed E-state index contributed by atoms with van der Waals surface area (Å²) in [6, 6.07) is 0. The second kappa shape index (κ2) is 7.63. The van der Waals surface area contributed by atoms with Gasteiger partial charge in [0.1, 0.15) is 17.1 Å². The molecule has 0 bridgehead atoms. The van der Waals surface area contributed by atoms with Crippen molar-refractivity contribution in [3.63, 3.8) is 0 Å². The molecule has 1 aromatic rings. The molecule has 146 valence electrons. The number of carbonyl (C=O) groups excluding carboxylic acids is 1. The molecule has 1 aliphatic heterocycles. The van der Waals surface area contributed by atoms with E-state index in [0.29, 0.717) is 30.1 Å². The highest BCUT2D eigenvalue weighted by Crippen LogP contribution is 2.40. The number of fused-ring (bicyclic) bond motifs is 1. The minimum atomic E-state index is -0.473. The van der Waals surface area contributed by atoms with Crippen molar-refractivity contribution < 1.29 is 9.53 Å². The van der Waals surface area contributed by atoms with E-state index in [-0.39, 0.29) is 6.09 Å². The van der Waals surface area contributed by atoms with Crippen molar-refractivity contribution in [1.82, 2.24) is 14.9 Å². The zero-order chi connectivity index (χ0) is 19.8. The van der Waals surface area contributed by atoms with Gasteiger partial charge in [-0.2, -0.15) is 0 Å². The van der Waals surface area contributed by atoms with Crippen LogP contribution >= 0.6 is 11.6 Å². The zero-order valence-corrected chi connectivity index (χ0v) is 17.5. The molecular formula is C21H28ClN3O2. The molecule has 5 nitrogen and oxygen atoms in total. The number of nitrogens with zero attached hydrogens (tertiary/aromatic N) is 3. The standard InChI is InChI=1S/C21H28ClN3O2/c1-13-10-16(11-17-18(14(13)2)19(22)24-12-23-17)15-6-8-25(9-7-15)20(26)27-21(3,4)5/h6,11-14H,7-10H2,1-5H3. The van der Waals surface area contributed by atoms with Crippen molar-refractivity contribution in [1.29, 1.82) is 0 Å². The average molecular weight is 390 g/mol. The number of ether oxygens (including phenoxy) is 1. The van der Waals surface area contributed by atoms with Crippen LogP contribution in [0, 0.1) is 5.92 Å². The normalized spacial score (nSPS) is 23.1. The molecule has 0 saturated heterocycles. The van der Waals surface area contributed by atoms with Gasteiger partial charge in [-0.3, -0.25) is 0 Å². The van der Waals surface area contributed by atoms with Crippen molar-refractivity contribution in [2.45, 2.75) is 59.0 Å². The lowest BCUT2D eigenvalue weighted by molar-refractivity contribution is 0.0266. The second-order valence-electron chi connectivity index (χ2n) is 8.51. The fourth-order valence-electron chi connectivity index (χ4n) is 3.63. The molecule has 0 saturated carbocycles. The Morgan fingerprint density at radius 1 is 1.26 bits per heavy atom. The Bertz CT molecular complexity index is 795. The molecule has 2 aliphatic rings. The van der Waals surface area contributed by atoms with Crippen molar-refractivity contribution in [2.24, 2.45) is 5.92 Å². The monoisotopic (exact) mass is 389 g/mol. The maximum absolute atomic E-state index is 12.3. The van der Waals surface area contributed by atoms with Crippen LogP contribution in [0.4, 0.5) is 4.79 Å². The Kier molecular flexibility index (Phi) is 5.61. The Morgan fingerprint density at radius 2 is 2.00 bits per heavy atom. The Hall–Kier alpha value is -1.88. The highest BCUT2D eigenvalue weighted by Gasteiger charge is 2.28. The fourth-order valence-corrected chi connectivity index (χ4v) is 3.94. The molecule has 1 aliphatic carbocycles. The predicted molar refractivity (Wildman–Crippen MR) is 108 cm³/mol. The molecule has 2 heterocycles. The summed E-state index contributed by atoms with van der Waals surface area (Å²) in [6.45, 7) is 11.3. The molecule has 3 rings (SSSR count). The van der Waals surface area contributed by atoms with Gasteiger partial charge < -0.3 is 9.64 Å². The largest absolute Gasteiger partial charge is 0.444 e. The summed E-state index contributed by atoms with van der Waals surface area (Å²) in [5.41, 5.74) is 4.05. The van der Waals surface area contributed by atoms with E-state index >= 15 is 0 Å². The molecule has 0 N–H and O–H groups in total. The molecule has 0 radical (unpaired) electrons. The van der Waals surface area contributed by atoms with Gasteiger partial charge >= 0.3 is 6.09 Å². The number of carbonyl (C=O) groups is 1. The van der Waals surface area contributed by atoms with E-state index in [0.717, 1.165) is 24.1 Å². The Morgan fingerprint density at radius 3 is 2.63 bits per heavy atom. The van der Waals surface area contributed by atoms with Crippen LogP contribution in [0.15, 0.2) is 23.5 Å². The molecule has 6 heteroatoms. The number of amides is 1. The van der Waals surface area contributed by atoms with Crippen molar-refractivity contribution >= 4 is 23.8 Å². The number of rotatable bonds is 1. The average Bonchev–Trinajstić information content (AvgIpc) is 2.71. The van der Waals surface area contributed by atoms with E-state index in [1.54, 1.807) is 4.90 Å². The first-order valence-corrected chi connectivity index (χ1v) is 9.92. The van der Waals surface area contributed by atoms with E-state index in [1.807, 2.05) is 20.8 Å². The van der Waals surface area contributed by atoms with Gasteiger partial charge in [0.05, 0.1) is 5.69 Å². The molecule has 2 unspecified atom stereocenters. The molecule has 1 amide bonds. The van der Waals surface area contributed by atoms with Crippen LogP contribution in [0.5, 0.6) is 0 Å². The highest BCUT2D eigenvalue weighted by atomic mass is 35.5. The molecule has 0 aromatic carbocycles. The number of hydrogen-bond donors (Lipinski definition) is 0. The van der Waals surface area contributed by atoms with Crippen molar-refractivity contribution in [3.05, 3.63) is 40.0 Å². The van der Waals surface area contributed by atoms with Crippen LogP contribution in [0.3, 0.4) is 0 Å². The number of hydrogen-bond acceptors (Lipinski definition) is 4. The summed E-state index contributed by atoms with van der Waals surface area (Å²) < 4.78 is 5.48. The van der Waals surface area contributed by atoms with Gasteiger partial charge in [0.15, 0.2) is 0 Å². The van der Waals surface area contributed by atoms with Gasteiger partial charge in [0.25, 0.3) is 0 Å². The molecule has 0 spiro atoms. The van der Waals surface area contributed by atoms with E-state index in [9.17, 15) is 4.79 Å². The summed E-state index contributed by atoms with van der Waals surface area (Å²) in [6.07, 6.45) is 7.35. The van der Waals surface area contributed by atoms with Gasteiger partial charge in [0, 0.05) is 18.7 Å². The number of allylic oxidation sites excluding steroid dienone is 1.